The van der Waals surface area contributed by atoms with Crippen LogP contribution < -0.4 is 16.2 Å². The van der Waals surface area contributed by atoms with Gasteiger partial charge < -0.3 is 25.4 Å². The first-order valence-corrected chi connectivity index (χ1v) is 17.2. The van der Waals surface area contributed by atoms with Gasteiger partial charge in [0.2, 0.25) is 11.8 Å². The van der Waals surface area contributed by atoms with Crippen LogP contribution in [-0.2, 0) is 20.7 Å². The number of likely N-dealkylation sites (N-methyl/N-ethyl adjacent to an activating group) is 1. The van der Waals surface area contributed by atoms with E-state index in [1.807, 2.05) is 12.1 Å². The van der Waals surface area contributed by atoms with Crippen molar-refractivity contribution in [2.24, 2.45) is 40.6 Å². The van der Waals surface area contributed by atoms with Crippen molar-refractivity contribution < 1.29 is 23.5 Å². The van der Waals surface area contributed by atoms with E-state index in [0.717, 1.165) is 55.2 Å². The number of quaternary nitrogens is 1. The van der Waals surface area contributed by atoms with Crippen LogP contribution in [0.2, 0.25) is 0 Å². The zero-order valence-corrected chi connectivity index (χ0v) is 27.1. The van der Waals surface area contributed by atoms with E-state index in [9.17, 15) is 9.59 Å². The third-order valence-electron chi connectivity index (χ3n) is 12.1. The largest absolute Gasteiger partial charge is 0.471 e. The number of benzene rings is 1. The lowest BCUT2D eigenvalue weighted by Gasteiger charge is -2.68. The van der Waals surface area contributed by atoms with Crippen LogP contribution in [0.5, 0.6) is 5.88 Å². The third-order valence-corrected chi connectivity index (χ3v) is 12.1. The van der Waals surface area contributed by atoms with Gasteiger partial charge in [-0.05, 0) is 80.7 Å². The van der Waals surface area contributed by atoms with E-state index in [0.29, 0.717) is 42.3 Å². The van der Waals surface area contributed by atoms with Gasteiger partial charge in [-0.15, -0.1) is 0 Å². The lowest BCUT2D eigenvalue weighted by atomic mass is 9.41. The van der Waals surface area contributed by atoms with Gasteiger partial charge in [0.25, 0.3) is 5.91 Å². The predicted octanol–water partition coefficient (Wildman–Crippen LogP) is 5.14. The molecule has 44 heavy (non-hydrogen) atoms. The van der Waals surface area contributed by atoms with Crippen LogP contribution in [0.1, 0.15) is 83.2 Å². The average Bonchev–Trinajstić information content (AvgIpc) is 2.99. The van der Waals surface area contributed by atoms with E-state index in [1.165, 1.54) is 32.1 Å². The van der Waals surface area contributed by atoms with Gasteiger partial charge in [0, 0.05) is 23.6 Å². The summed E-state index contributed by atoms with van der Waals surface area (Å²) in [5.74, 6) is 0.755. The molecule has 5 aliphatic carbocycles. The van der Waals surface area contributed by atoms with Gasteiger partial charge in [-0.3, -0.25) is 9.59 Å². The van der Waals surface area contributed by atoms with Gasteiger partial charge >= 0.3 is 0 Å². The molecule has 4 bridgehead atoms. The number of carbonyl (C=O) groups excluding carboxylic acids is 2. The molecule has 0 saturated heterocycles. The Labute approximate surface area is 262 Å². The summed E-state index contributed by atoms with van der Waals surface area (Å²) in [6, 6.07) is 10.4. The molecular weight excluding hydrogens is 552 g/mol. The molecule has 2 amide bonds. The molecule has 240 valence electrons. The van der Waals surface area contributed by atoms with Gasteiger partial charge in [0.1, 0.15) is 13.2 Å². The first-order chi connectivity index (χ1) is 21.1. The number of primary amides is 2. The molecule has 6 unspecified atom stereocenters. The summed E-state index contributed by atoms with van der Waals surface area (Å²) in [5.41, 5.74) is 12.2. The number of aromatic nitrogens is 1. The highest BCUT2D eigenvalue weighted by atomic mass is 16.5. The zero-order valence-electron chi connectivity index (χ0n) is 27.1. The summed E-state index contributed by atoms with van der Waals surface area (Å²) >= 11 is 0. The molecule has 8 heteroatoms. The summed E-state index contributed by atoms with van der Waals surface area (Å²) in [7, 11) is 4.24. The Hall–Kier alpha value is -2.71. The number of carbonyl (C=O) groups is 2. The maximum atomic E-state index is 13.9. The monoisotopic (exact) mass is 605 g/mol. The quantitative estimate of drug-likeness (QED) is 0.307. The fraction of sp³-hybridized carbons (Fsp3) is 0.694. The number of fused-ring (bicyclic) bond motifs is 1. The molecule has 6 atom stereocenters. The molecular formula is C36H53N4O4+. The minimum absolute atomic E-state index is 0.0224. The number of rotatable bonds is 13. The molecule has 1 aromatic heterocycles. The summed E-state index contributed by atoms with van der Waals surface area (Å²) in [6.07, 6.45) is 12.1. The number of unbranched alkanes of at least 4 members (excludes halogenated alkanes) is 1. The van der Waals surface area contributed by atoms with Crippen molar-refractivity contribution in [3.8, 4) is 5.88 Å². The number of aryl methyl sites for hydroxylation is 1. The van der Waals surface area contributed by atoms with Crippen molar-refractivity contribution in [3.05, 3.63) is 36.0 Å². The van der Waals surface area contributed by atoms with Gasteiger partial charge in [0.15, 0.2) is 5.54 Å². The van der Waals surface area contributed by atoms with Crippen molar-refractivity contribution in [3.63, 3.8) is 0 Å². The van der Waals surface area contributed by atoms with Crippen molar-refractivity contribution >= 4 is 22.6 Å². The maximum absolute atomic E-state index is 13.9. The summed E-state index contributed by atoms with van der Waals surface area (Å²) in [5, 5.41) is 2.12. The van der Waals surface area contributed by atoms with E-state index in [4.69, 9.17) is 25.9 Å². The second-order valence-corrected chi connectivity index (χ2v) is 15.0. The Balaban J connectivity index is 1.27. The highest BCUT2D eigenvalue weighted by Gasteiger charge is 2.75. The fourth-order valence-electron chi connectivity index (χ4n) is 10.1. The van der Waals surface area contributed by atoms with E-state index in [-0.39, 0.29) is 35.7 Å². The molecule has 0 spiro atoms. The molecule has 5 fully saturated rings. The van der Waals surface area contributed by atoms with Crippen LogP contribution in [0.4, 0.5) is 0 Å². The van der Waals surface area contributed by atoms with Crippen LogP contribution in [0, 0.1) is 29.1 Å². The molecule has 5 saturated carbocycles. The summed E-state index contributed by atoms with van der Waals surface area (Å²) in [4.78, 5) is 31.8. The Bertz CT molecular complexity index is 1370. The number of nitrogens with zero attached hydrogens (tertiary/aromatic N) is 2. The van der Waals surface area contributed by atoms with E-state index in [1.54, 1.807) is 0 Å². The molecule has 0 radical (unpaired) electrons. The number of amides is 2. The zero-order chi connectivity index (χ0) is 31.1. The topological polar surface area (TPSA) is 118 Å². The van der Waals surface area contributed by atoms with Crippen molar-refractivity contribution in [1.29, 1.82) is 0 Å². The second-order valence-electron chi connectivity index (χ2n) is 15.0. The highest BCUT2D eigenvalue weighted by Crippen LogP contribution is 2.66. The minimum Gasteiger partial charge on any atom is -0.471 e. The van der Waals surface area contributed by atoms with Gasteiger partial charge in [-0.1, -0.05) is 50.8 Å². The number of hydrogen-bond donors (Lipinski definition) is 2. The SMILES string of the molecule is CCCCc1cc2ccccc2c(OCC[N+](C)(C)C2(C(N)=O)C3CC4CC(C(N)=O)(C3)CC2C4OCC2CCCCC2)n1. The van der Waals surface area contributed by atoms with Gasteiger partial charge in [-0.2, -0.15) is 0 Å². The van der Waals surface area contributed by atoms with Crippen molar-refractivity contribution in [2.75, 3.05) is 33.9 Å². The first-order valence-electron chi connectivity index (χ1n) is 17.2. The Morgan fingerprint density at radius 3 is 2.55 bits per heavy atom. The fourth-order valence-corrected chi connectivity index (χ4v) is 10.1. The van der Waals surface area contributed by atoms with Crippen LogP contribution in [0.25, 0.3) is 10.8 Å². The lowest BCUT2D eigenvalue weighted by Crippen LogP contribution is -2.82. The Morgan fingerprint density at radius 2 is 1.82 bits per heavy atom. The third kappa shape index (κ3) is 5.30. The molecule has 4 N–H and O–H groups in total. The molecule has 0 aliphatic heterocycles. The standard InChI is InChI=1S/C36H52N4O4/c1-4-5-14-28-19-25-13-9-10-15-29(25)32(39-28)43-17-16-40(2,3)36(34(38)42)27-18-26-20-35(21-27,33(37)41)22-30(36)31(26)44-23-24-11-7-6-8-12-24/h9-10,13,15,19,24,26-27,30-31H,4-8,11-12,14,16-18,20-23H2,1-3H3,(H3-,37,38,41,42)/p+1. The smallest absolute Gasteiger partial charge is 0.279 e. The molecule has 5 aliphatic rings. The first kappa shape index (κ1) is 31.3. The van der Waals surface area contributed by atoms with Crippen molar-refractivity contribution in [1.82, 2.24) is 4.98 Å². The molecule has 1 aromatic carbocycles. The molecule has 7 rings (SSSR count). The van der Waals surface area contributed by atoms with Crippen LogP contribution in [0.3, 0.4) is 0 Å². The molecule has 1 heterocycles. The number of pyridine rings is 1. The Kier molecular flexibility index (Phi) is 8.70. The second kappa shape index (κ2) is 12.2. The maximum Gasteiger partial charge on any atom is 0.279 e. The van der Waals surface area contributed by atoms with Crippen molar-refractivity contribution in [2.45, 2.75) is 95.6 Å². The summed E-state index contributed by atoms with van der Waals surface area (Å²) < 4.78 is 13.7. The highest BCUT2D eigenvalue weighted by molar-refractivity contribution is 5.88. The Morgan fingerprint density at radius 1 is 1.05 bits per heavy atom. The molecule has 2 aromatic rings. The average molecular weight is 606 g/mol. The number of nitrogens with two attached hydrogens (primary N) is 2. The molecule has 8 nitrogen and oxygen atoms in total. The summed E-state index contributed by atoms with van der Waals surface area (Å²) in [6.45, 7) is 3.89. The number of ether oxygens (including phenoxy) is 2. The van der Waals surface area contributed by atoms with Crippen LogP contribution in [-0.4, -0.2) is 66.8 Å². The van der Waals surface area contributed by atoms with Gasteiger partial charge in [0.05, 0.1) is 31.5 Å². The van der Waals surface area contributed by atoms with E-state index < -0.39 is 11.0 Å². The van der Waals surface area contributed by atoms with E-state index >= 15 is 0 Å². The van der Waals surface area contributed by atoms with Crippen LogP contribution in [0.15, 0.2) is 30.3 Å². The van der Waals surface area contributed by atoms with Crippen LogP contribution >= 0.6 is 0 Å². The van der Waals surface area contributed by atoms with E-state index in [2.05, 4.69) is 39.2 Å². The number of hydrogen-bond acceptors (Lipinski definition) is 5. The lowest BCUT2D eigenvalue weighted by molar-refractivity contribution is -0.944. The van der Waals surface area contributed by atoms with Gasteiger partial charge in [-0.25, -0.2) is 4.98 Å². The minimum atomic E-state index is -0.866. The normalized spacial score (nSPS) is 31.8. The predicted molar refractivity (Wildman–Crippen MR) is 172 cm³/mol.